The number of hydrogen-bond donors (Lipinski definition) is 2. The van der Waals surface area contributed by atoms with Crippen molar-refractivity contribution in [3.8, 4) is 11.5 Å². The Morgan fingerprint density at radius 2 is 2.00 bits per heavy atom. The third-order valence-corrected chi connectivity index (χ3v) is 4.62. The van der Waals surface area contributed by atoms with Crippen LogP contribution in [0.1, 0.15) is 12.8 Å². The number of anilines is 1. The number of fused-ring (bicyclic) bond motifs is 1. The number of aromatic nitrogens is 1. The molecule has 2 aromatic carbocycles. The smallest absolute Gasteiger partial charge is 0.228 e. The molecule has 0 radical (unpaired) electrons. The van der Waals surface area contributed by atoms with E-state index in [1.807, 2.05) is 0 Å². The van der Waals surface area contributed by atoms with Crippen LogP contribution in [0.15, 0.2) is 40.8 Å². The van der Waals surface area contributed by atoms with E-state index in [9.17, 15) is 4.79 Å². The summed E-state index contributed by atoms with van der Waals surface area (Å²) in [5.74, 6) is 0.632. The molecule has 9 heteroatoms. The molecule has 1 heterocycles. The molecule has 27 heavy (non-hydrogen) atoms. The zero-order chi connectivity index (χ0) is 19.4. The average Bonchev–Trinajstić information content (AvgIpc) is 3.02. The van der Waals surface area contributed by atoms with Crippen LogP contribution in [0, 0.1) is 0 Å². The molecule has 1 amide bonds. The zero-order valence-corrected chi connectivity index (χ0v) is 17.0. The highest BCUT2D eigenvalue weighted by molar-refractivity contribution is 7.80. The lowest BCUT2D eigenvalue weighted by Gasteiger charge is -2.08. The summed E-state index contributed by atoms with van der Waals surface area (Å²) in [5, 5.41) is 6.75. The number of oxazole rings is 1. The average molecular weight is 443 g/mol. The minimum atomic E-state index is -0.185. The molecule has 0 saturated carbocycles. The van der Waals surface area contributed by atoms with Crippen LogP contribution in [-0.4, -0.2) is 21.9 Å². The SMILES string of the molecule is O=C(CCCCl)NC(=S)Nc1ccc2oc(-c3ccc(Cl)cc3Cl)nc2c1. The lowest BCUT2D eigenvalue weighted by atomic mass is 10.2. The summed E-state index contributed by atoms with van der Waals surface area (Å²) in [6.07, 6.45) is 0.912. The Bertz CT molecular complexity index is 1010. The van der Waals surface area contributed by atoms with E-state index < -0.39 is 0 Å². The van der Waals surface area contributed by atoms with Crippen LogP contribution in [-0.2, 0) is 4.79 Å². The standard InChI is InChI=1S/C18H14Cl3N3O2S/c19-7-1-2-16(25)24-18(27)22-11-4-6-15-14(9-11)23-17(26-15)12-5-3-10(20)8-13(12)21/h3-6,8-9H,1-2,7H2,(H2,22,24,25,27). The number of nitrogens with zero attached hydrogens (tertiary/aromatic N) is 1. The highest BCUT2D eigenvalue weighted by Gasteiger charge is 2.13. The number of carbonyl (C=O) groups excluding carboxylic acids is 1. The van der Waals surface area contributed by atoms with Crippen molar-refractivity contribution in [2.75, 3.05) is 11.2 Å². The van der Waals surface area contributed by atoms with Crippen LogP contribution < -0.4 is 10.6 Å². The van der Waals surface area contributed by atoms with Crippen molar-refractivity contribution in [3.05, 3.63) is 46.4 Å². The number of nitrogens with one attached hydrogen (secondary N) is 2. The van der Waals surface area contributed by atoms with Gasteiger partial charge < -0.3 is 15.1 Å². The molecule has 0 spiro atoms. The molecule has 0 aliphatic heterocycles. The highest BCUT2D eigenvalue weighted by atomic mass is 35.5. The first kappa shape index (κ1) is 19.9. The van der Waals surface area contributed by atoms with E-state index in [1.54, 1.807) is 36.4 Å². The van der Waals surface area contributed by atoms with Crippen molar-refractivity contribution in [2.45, 2.75) is 12.8 Å². The Morgan fingerprint density at radius 3 is 2.74 bits per heavy atom. The molecule has 5 nitrogen and oxygen atoms in total. The van der Waals surface area contributed by atoms with E-state index >= 15 is 0 Å². The lowest BCUT2D eigenvalue weighted by Crippen LogP contribution is -2.33. The minimum Gasteiger partial charge on any atom is -0.436 e. The van der Waals surface area contributed by atoms with Gasteiger partial charge in [0.2, 0.25) is 11.8 Å². The monoisotopic (exact) mass is 441 g/mol. The molecule has 3 aromatic rings. The van der Waals surface area contributed by atoms with Crippen LogP contribution in [0.2, 0.25) is 10.0 Å². The van der Waals surface area contributed by atoms with Crippen LogP contribution in [0.25, 0.3) is 22.6 Å². The van der Waals surface area contributed by atoms with Crippen LogP contribution in [0.5, 0.6) is 0 Å². The first-order valence-corrected chi connectivity index (χ1v) is 9.69. The summed E-state index contributed by atoms with van der Waals surface area (Å²) in [6.45, 7) is 0. The summed E-state index contributed by atoms with van der Waals surface area (Å²) in [4.78, 5) is 16.1. The van der Waals surface area contributed by atoms with Gasteiger partial charge in [-0.3, -0.25) is 4.79 Å². The molecule has 0 fully saturated rings. The maximum absolute atomic E-state index is 11.7. The second kappa shape index (κ2) is 8.89. The topological polar surface area (TPSA) is 67.2 Å². The number of alkyl halides is 1. The van der Waals surface area contributed by atoms with Crippen molar-refractivity contribution in [3.63, 3.8) is 0 Å². The molecule has 0 bridgehead atoms. The molecule has 0 atom stereocenters. The first-order valence-electron chi connectivity index (χ1n) is 7.99. The Morgan fingerprint density at radius 1 is 1.19 bits per heavy atom. The van der Waals surface area contributed by atoms with Gasteiger partial charge in [0.05, 0.1) is 10.6 Å². The van der Waals surface area contributed by atoms with Crippen molar-refractivity contribution in [1.82, 2.24) is 10.3 Å². The van der Waals surface area contributed by atoms with Crippen molar-refractivity contribution in [2.24, 2.45) is 0 Å². The maximum Gasteiger partial charge on any atom is 0.228 e. The lowest BCUT2D eigenvalue weighted by molar-refractivity contribution is -0.119. The molecule has 0 unspecified atom stereocenters. The number of thiocarbonyl (C=S) groups is 1. The number of hydrogen-bond acceptors (Lipinski definition) is 4. The molecule has 0 saturated heterocycles. The summed E-state index contributed by atoms with van der Waals surface area (Å²) in [7, 11) is 0. The molecular formula is C18H14Cl3N3O2S. The van der Waals surface area contributed by atoms with Gasteiger partial charge in [-0.25, -0.2) is 4.98 Å². The summed E-state index contributed by atoms with van der Waals surface area (Å²) in [5.41, 5.74) is 2.54. The fourth-order valence-corrected chi connectivity index (χ4v) is 3.22. The number of carbonyl (C=O) groups is 1. The van der Waals surface area contributed by atoms with E-state index in [0.717, 1.165) is 0 Å². The highest BCUT2D eigenvalue weighted by Crippen LogP contribution is 2.32. The van der Waals surface area contributed by atoms with E-state index in [-0.39, 0.29) is 11.0 Å². The van der Waals surface area contributed by atoms with E-state index in [0.29, 0.717) is 57.0 Å². The van der Waals surface area contributed by atoms with Gasteiger partial charge in [0.15, 0.2) is 10.7 Å². The third kappa shape index (κ3) is 5.11. The predicted molar refractivity (Wildman–Crippen MR) is 114 cm³/mol. The molecule has 0 aliphatic carbocycles. The van der Waals surface area contributed by atoms with Crippen LogP contribution >= 0.6 is 47.0 Å². The third-order valence-electron chi connectivity index (χ3n) is 3.60. The minimum absolute atomic E-state index is 0.185. The van der Waals surface area contributed by atoms with Gasteiger partial charge in [-0.1, -0.05) is 23.2 Å². The van der Waals surface area contributed by atoms with E-state index in [1.165, 1.54) is 0 Å². The quantitative estimate of drug-likeness (QED) is 0.396. The largest absolute Gasteiger partial charge is 0.436 e. The molecule has 3 rings (SSSR count). The van der Waals surface area contributed by atoms with Crippen LogP contribution in [0.4, 0.5) is 5.69 Å². The Kier molecular flexibility index (Phi) is 6.55. The number of halogens is 3. The van der Waals surface area contributed by atoms with Gasteiger partial charge in [-0.2, -0.15) is 0 Å². The second-order valence-electron chi connectivity index (χ2n) is 5.62. The molecule has 0 aliphatic rings. The van der Waals surface area contributed by atoms with E-state index in [2.05, 4.69) is 15.6 Å². The van der Waals surface area contributed by atoms with Gasteiger partial charge in [0, 0.05) is 23.0 Å². The van der Waals surface area contributed by atoms with Gasteiger partial charge in [0.1, 0.15) is 5.52 Å². The summed E-state index contributed by atoms with van der Waals surface area (Å²) in [6, 6.07) is 10.4. The Hall–Kier alpha value is -1.86. The van der Waals surface area contributed by atoms with Gasteiger partial charge >= 0.3 is 0 Å². The molecule has 140 valence electrons. The normalized spacial score (nSPS) is 10.8. The second-order valence-corrected chi connectivity index (χ2v) is 7.25. The van der Waals surface area contributed by atoms with Crippen LogP contribution in [0.3, 0.4) is 0 Å². The van der Waals surface area contributed by atoms with Gasteiger partial charge in [-0.15, -0.1) is 11.6 Å². The van der Waals surface area contributed by atoms with Crippen molar-refractivity contribution < 1.29 is 9.21 Å². The Balaban J connectivity index is 1.76. The molecule has 1 aromatic heterocycles. The fourth-order valence-electron chi connectivity index (χ4n) is 2.36. The predicted octanol–water partition coefficient (Wildman–Crippen LogP) is 5.63. The van der Waals surface area contributed by atoms with Gasteiger partial charge in [0.25, 0.3) is 0 Å². The number of amides is 1. The van der Waals surface area contributed by atoms with E-state index in [4.69, 9.17) is 51.4 Å². The van der Waals surface area contributed by atoms with Crippen molar-refractivity contribution >= 4 is 74.8 Å². The summed E-state index contributed by atoms with van der Waals surface area (Å²) < 4.78 is 5.76. The molecular weight excluding hydrogens is 429 g/mol. The first-order chi connectivity index (χ1) is 13.0. The molecule has 2 N–H and O–H groups in total. The maximum atomic E-state index is 11.7. The summed E-state index contributed by atoms with van der Waals surface area (Å²) >= 11 is 22.9. The van der Waals surface area contributed by atoms with Crippen molar-refractivity contribution in [1.29, 1.82) is 0 Å². The van der Waals surface area contributed by atoms with Gasteiger partial charge in [-0.05, 0) is 55.0 Å². The zero-order valence-electron chi connectivity index (χ0n) is 13.9. The number of rotatable bonds is 5. The Labute approximate surface area is 176 Å². The number of benzene rings is 2. The fraction of sp³-hybridized carbons (Fsp3) is 0.167.